The molecule has 0 aliphatic heterocycles. The van der Waals surface area contributed by atoms with Gasteiger partial charge in [-0.2, -0.15) is 0 Å². The Hall–Kier alpha value is -1.88. The largest absolute Gasteiger partial charge is 0.496 e. The molecule has 3 nitrogen and oxygen atoms in total. The van der Waals surface area contributed by atoms with Crippen molar-refractivity contribution in [3.63, 3.8) is 0 Å². The number of nitrogen functional groups attached to an aromatic ring is 1. The Morgan fingerprint density at radius 1 is 1.14 bits per heavy atom. The van der Waals surface area contributed by atoms with Gasteiger partial charge in [0.2, 0.25) is 0 Å². The number of hydrogen-bond acceptors (Lipinski definition) is 3. The number of anilines is 1. The second kappa shape index (κ2) is 5.85. The molecule has 2 rings (SSSR count). The molecule has 2 aromatic carbocycles. The van der Waals surface area contributed by atoms with Crippen LogP contribution in [0.3, 0.4) is 0 Å². The summed E-state index contributed by atoms with van der Waals surface area (Å²) in [5.74, 6) is -0.617. The normalized spacial score (nSPS) is 10.5. The first-order chi connectivity index (χ1) is 9.85. The number of hydrogen-bond donors (Lipinski definition) is 1. The van der Waals surface area contributed by atoms with E-state index in [1.807, 2.05) is 6.92 Å². The summed E-state index contributed by atoms with van der Waals surface area (Å²) in [7, 11) is 1.47. The molecule has 0 saturated carbocycles. The molecule has 2 N–H and O–H groups in total. The number of ketones is 1. The monoisotopic (exact) mass is 351 g/mol. The molecular formula is C16H15BrFNO2. The number of ether oxygens (including phenoxy) is 1. The van der Waals surface area contributed by atoms with Crippen LogP contribution in [0.2, 0.25) is 0 Å². The molecule has 0 heterocycles. The lowest BCUT2D eigenvalue weighted by molar-refractivity contribution is 0.103. The van der Waals surface area contributed by atoms with Crippen LogP contribution in [0.25, 0.3) is 0 Å². The number of carbonyl (C=O) groups is 1. The highest BCUT2D eigenvalue weighted by Gasteiger charge is 2.21. The highest BCUT2D eigenvalue weighted by atomic mass is 79.9. The molecule has 0 aliphatic rings. The van der Waals surface area contributed by atoms with Crippen molar-refractivity contribution in [1.29, 1.82) is 0 Å². The fraction of sp³-hybridized carbons (Fsp3) is 0.188. The van der Waals surface area contributed by atoms with Crippen LogP contribution in [-0.2, 0) is 0 Å². The SMILES string of the molecule is COc1cc(C)c(Br)cc1C(=O)c1cc(N)cc(C)c1F. The van der Waals surface area contributed by atoms with E-state index in [2.05, 4.69) is 15.9 Å². The van der Waals surface area contributed by atoms with Gasteiger partial charge in [0, 0.05) is 10.2 Å². The van der Waals surface area contributed by atoms with Gasteiger partial charge in [-0.25, -0.2) is 4.39 Å². The lowest BCUT2D eigenvalue weighted by atomic mass is 9.98. The molecule has 0 radical (unpaired) electrons. The van der Waals surface area contributed by atoms with Gasteiger partial charge in [-0.15, -0.1) is 0 Å². The van der Waals surface area contributed by atoms with E-state index in [4.69, 9.17) is 10.5 Å². The summed E-state index contributed by atoms with van der Waals surface area (Å²) in [5.41, 5.74) is 7.56. The topological polar surface area (TPSA) is 52.3 Å². The van der Waals surface area contributed by atoms with Gasteiger partial charge in [0.25, 0.3) is 0 Å². The van der Waals surface area contributed by atoms with Crippen molar-refractivity contribution < 1.29 is 13.9 Å². The van der Waals surface area contributed by atoms with E-state index in [0.29, 0.717) is 22.6 Å². The highest BCUT2D eigenvalue weighted by Crippen LogP contribution is 2.30. The molecule has 2 aromatic rings. The zero-order chi connectivity index (χ0) is 15.7. The molecule has 0 aliphatic carbocycles. The number of halogens is 2. The molecule has 21 heavy (non-hydrogen) atoms. The van der Waals surface area contributed by atoms with Crippen LogP contribution in [-0.4, -0.2) is 12.9 Å². The van der Waals surface area contributed by atoms with Crippen LogP contribution < -0.4 is 10.5 Å². The Kier molecular flexibility index (Phi) is 4.32. The molecule has 0 atom stereocenters. The third-order valence-corrected chi connectivity index (χ3v) is 4.10. The second-order valence-corrected chi connectivity index (χ2v) is 5.68. The number of methoxy groups -OCH3 is 1. The van der Waals surface area contributed by atoms with E-state index in [0.717, 1.165) is 10.0 Å². The Balaban J connectivity index is 2.63. The molecule has 0 saturated heterocycles. The van der Waals surface area contributed by atoms with Crippen LogP contribution in [0, 0.1) is 19.7 Å². The minimum Gasteiger partial charge on any atom is -0.496 e. The summed E-state index contributed by atoms with van der Waals surface area (Å²) in [6, 6.07) is 6.20. The van der Waals surface area contributed by atoms with Crippen LogP contribution in [0.4, 0.5) is 10.1 Å². The number of nitrogens with two attached hydrogens (primary N) is 1. The summed E-state index contributed by atoms with van der Waals surface area (Å²) in [4.78, 5) is 12.6. The zero-order valence-electron chi connectivity index (χ0n) is 12.0. The maximum absolute atomic E-state index is 14.2. The maximum atomic E-state index is 14.2. The fourth-order valence-corrected chi connectivity index (χ4v) is 2.45. The van der Waals surface area contributed by atoms with Gasteiger partial charge < -0.3 is 10.5 Å². The lowest BCUT2D eigenvalue weighted by Crippen LogP contribution is -2.09. The van der Waals surface area contributed by atoms with Gasteiger partial charge >= 0.3 is 0 Å². The summed E-state index contributed by atoms with van der Waals surface area (Å²) in [6.07, 6.45) is 0. The van der Waals surface area contributed by atoms with Gasteiger partial charge in [0.1, 0.15) is 11.6 Å². The molecule has 0 spiro atoms. The van der Waals surface area contributed by atoms with Gasteiger partial charge in [-0.05, 0) is 49.2 Å². The average molecular weight is 352 g/mol. The van der Waals surface area contributed by atoms with Gasteiger partial charge in [-0.1, -0.05) is 15.9 Å². The van der Waals surface area contributed by atoms with E-state index in [-0.39, 0.29) is 5.56 Å². The summed E-state index contributed by atoms with van der Waals surface area (Å²) < 4.78 is 20.2. The Bertz CT molecular complexity index is 729. The van der Waals surface area contributed by atoms with Crippen molar-refractivity contribution in [3.8, 4) is 5.75 Å². The van der Waals surface area contributed by atoms with Gasteiger partial charge in [0.15, 0.2) is 5.78 Å². The van der Waals surface area contributed by atoms with Crippen molar-refractivity contribution >= 4 is 27.4 Å². The Morgan fingerprint density at radius 2 is 1.81 bits per heavy atom. The number of benzene rings is 2. The summed E-state index contributed by atoms with van der Waals surface area (Å²) in [6.45, 7) is 3.46. The van der Waals surface area contributed by atoms with Crippen LogP contribution in [0.15, 0.2) is 28.7 Å². The van der Waals surface area contributed by atoms with Gasteiger partial charge in [-0.3, -0.25) is 4.79 Å². The summed E-state index contributed by atoms with van der Waals surface area (Å²) in [5, 5.41) is 0. The fourth-order valence-electron chi connectivity index (χ4n) is 2.11. The van der Waals surface area contributed by atoms with Crippen LogP contribution in [0.5, 0.6) is 5.75 Å². The van der Waals surface area contributed by atoms with Crippen molar-refractivity contribution in [2.45, 2.75) is 13.8 Å². The van der Waals surface area contributed by atoms with Gasteiger partial charge in [0.05, 0.1) is 18.2 Å². The van der Waals surface area contributed by atoms with E-state index in [1.54, 1.807) is 19.1 Å². The quantitative estimate of drug-likeness (QED) is 0.670. The lowest BCUT2D eigenvalue weighted by Gasteiger charge is -2.12. The van der Waals surface area contributed by atoms with Crippen molar-refractivity contribution in [2.24, 2.45) is 0 Å². The van der Waals surface area contributed by atoms with E-state index in [1.165, 1.54) is 19.2 Å². The Labute approximate surface area is 131 Å². The summed E-state index contributed by atoms with van der Waals surface area (Å²) >= 11 is 3.37. The average Bonchev–Trinajstić information content (AvgIpc) is 2.44. The minimum absolute atomic E-state index is 0.0541. The first-order valence-electron chi connectivity index (χ1n) is 6.29. The van der Waals surface area contributed by atoms with E-state index < -0.39 is 11.6 Å². The first-order valence-corrected chi connectivity index (χ1v) is 7.09. The van der Waals surface area contributed by atoms with E-state index in [9.17, 15) is 9.18 Å². The molecule has 110 valence electrons. The third kappa shape index (κ3) is 2.93. The van der Waals surface area contributed by atoms with Crippen molar-refractivity contribution in [1.82, 2.24) is 0 Å². The number of rotatable bonds is 3. The minimum atomic E-state index is -0.562. The Morgan fingerprint density at radius 3 is 2.43 bits per heavy atom. The van der Waals surface area contributed by atoms with Crippen LogP contribution >= 0.6 is 15.9 Å². The van der Waals surface area contributed by atoms with Crippen LogP contribution in [0.1, 0.15) is 27.0 Å². The van der Waals surface area contributed by atoms with Crippen molar-refractivity contribution in [2.75, 3.05) is 12.8 Å². The standard InChI is InChI=1S/C16H15BrFNO2/c1-8-5-14(21-3)11(7-13(8)17)16(20)12-6-10(19)4-9(2)15(12)18/h4-7H,19H2,1-3H3. The smallest absolute Gasteiger partial charge is 0.199 e. The van der Waals surface area contributed by atoms with E-state index >= 15 is 0 Å². The maximum Gasteiger partial charge on any atom is 0.199 e. The second-order valence-electron chi connectivity index (χ2n) is 4.83. The molecule has 0 unspecified atom stereocenters. The third-order valence-electron chi connectivity index (χ3n) is 3.25. The molecule has 5 heteroatoms. The first kappa shape index (κ1) is 15.5. The molecule has 0 bridgehead atoms. The zero-order valence-corrected chi connectivity index (χ0v) is 13.5. The predicted octanol–water partition coefficient (Wildman–Crippen LogP) is 4.03. The molecule has 0 amide bonds. The highest BCUT2D eigenvalue weighted by molar-refractivity contribution is 9.10. The number of aryl methyl sites for hydroxylation is 2. The molecular weight excluding hydrogens is 337 g/mol. The number of carbonyl (C=O) groups excluding carboxylic acids is 1. The predicted molar refractivity (Wildman–Crippen MR) is 84.4 cm³/mol. The van der Waals surface area contributed by atoms with Crippen molar-refractivity contribution in [3.05, 3.63) is 56.8 Å². The molecule has 0 aromatic heterocycles. The molecule has 0 fully saturated rings.